The predicted molar refractivity (Wildman–Crippen MR) is 75.3 cm³/mol. The van der Waals surface area contributed by atoms with Crippen LogP contribution in [0.4, 0.5) is 0 Å². The molecule has 7 heteroatoms. The van der Waals surface area contributed by atoms with E-state index in [0.717, 1.165) is 30.0 Å². The molecule has 1 aromatic rings. The van der Waals surface area contributed by atoms with Crippen LogP contribution in [0.15, 0.2) is 5.16 Å². The lowest BCUT2D eigenvalue weighted by molar-refractivity contribution is 0.00692. The lowest BCUT2D eigenvalue weighted by Gasteiger charge is -2.18. The molecule has 1 aliphatic carbocycles. The minimum Gasteiger partial charge on any atom is -0.375 e. The third-order valence-corrected chi connectivity index (χ3v) is 3.60. The third-order valence-electron chi connectivity index (χ3n) is 2.68. The van der Waals surface area contributed by atoms with E-state index in [2.05, 4.69) is 41.6 Å². The number of hydrogen-bond acceptors (Lipinski definition) is 6. The summed E-state index contributed by atoms with van der Waals surface area (Å²) in [6.45, 7) is 8.65. The molecule has 19 heavy (non-hydrogen) atoms. The van der Waals surface area contributed by atoms with Gasteiger partial charge in [-0.3, -0.25) is 0 Å². The van der Waals surface area contributed by atoms with Crippen molar-refractivity contribution in [1.29, 1.82) is 0 Å². The van der Waals surface area contributed by atoms with Crippen molar-refractivity contribution in [2.24, 2.45) is 0 Å². The fourth-order valence-corrected chi connectivity index (χ4v) is 2.30. The fraction of sp³-hybridized carbons (Fsp3) is 0.917. The van der Waals surface area contributed by atoms with Crippen molar-refractivity contribution in [3.8, 4) is 0 Å². The van der Waals surface area contributed by atoms with Crippen molar-refractivity contribution in [3.05, 3.63) is 0 Å². The van der Waals surface area contributed by atoms with Gasteiger partial charge in [-0.2, -0.15) is 0 Å². The Kier molecular flexibility index (Phi) is 5.18. The second kappa shape index (κ2) is 6.67. The molecule has 1 N–H and O–H groups in total. The molecule has 1 saturated carbocycles. The number of hydrogen-bond donors (Lipinski definition) is 1. The molecule has 2 rings (SSSR count). The van der Waals surface area contributed by atoms with Crippen LogP contribution in [0.2, 0.25) is 0 Å². The molecule has 1 aliphatic rings. The predicted octanol–water partition coefficient (Wildman–Crippen LogP) is 1.33. The average molecular weight is 285 g/mol. The van der Waals surface area contributed by atoms with Gasteiger partial charge < -0.3 is 10.1 Å². The Labute approximate surface area is 118 Å². The van der Waals surface area contributed by atoms with E-state index in [-0.39, 0.29) is 5.60 Å². The van der Waals surface area contributed by atoms with Crippen molar-refractivity contribution in [2.45, 2.75) is 57.0 Å². The Morgan fingerprint density at radius 3 is 2.89 bits per heavy atom. The van der Waals surface area contributed by atoms with Gasteiger partial charge in [-0.25, -0.2) is 4.68 Å². The highest BCUT2D eigenvalue weighted by Crippen LogP contribution is 2.18. The van der Waals surface area contributed by atoms with Crippen LogP contribution in [0.25, 0.3) is 0 Å². The van der Waals surface area contributed by atoms with E-state index in [1.807, 2.05) is 4.68 Å². The molecule has 0 saturated heterocycles. The highest BCUT2D eigenvalue weighted by molar-refractivity contribution is 7.99. The Morgan fingerprint density at radius 2 is 2.21 bits per heavy atom. The first-order valence-electron chi connectivity index (χ1n) is 6.81. The minimum absolute atomic E-state index is 0.0827. The molecule has 1 fully saturated rings. The van der Waals surface area contributed by atoms with E-state index in [4.69, 9.17) is 4.74 Å². The van der Waals surface area contributed by atoms with Gasteiger partial charge in [0.15, 0.2) is 0 Å². The van der Waals surface area contributed by atoms with Gasteiger partial charge in [-0.15, -0.1) is 5.10 Å². The second-order valence-corrected chi connectivity index (χ2v) is 6.78. The molecule has 0 amide bonds. The summed E-state index contributed by atoms with van der Waals surface area (Å²) in [7, 11) is 0. The van der Waals surface area contributed by atoms with Gasteiger partial charge in [0.1, 0.15) is 0 Å². The number of nitrogens with one attached hydrogen (secondary N) is 1. The average Bonchev–Trinajstić information content (AvgIpc) is 3.03. The maximum atomic E-state index is 5.68. The summed E-state index contributed by atoms with van der Waals surface area (Å²) >= 11 is 1.64. The zero-order chi connectivity index (χ0) is 13.7. The molecule has 108 valence electrons. The Balaban J connectivity index is 1.66. The molecule has 6 nitrogen and oxygen atoms in total. The number of aromatic nitrogens is 4. The largest absolute Gasteiger partial charge is 0.375 e. The van der Waals surface area contributed by atoms with E-state index in [1.165, 1.54) is 12.8 Å². The Hall–Kier alpha value is -0.660. The Bertz CT molecular complexity index is 386. The molecule has 0 unspecified atom stereocenters. The topological polar surface area (TPSA) is 64.9 Å². The number of thioether (sulfide) groups is 1. The molecule has 1 heterocycles. The lowest BCUT2D eigenvalue weighted by atomic mass is 10.2. The maximum Gasteiger partial charge on any atom is 0.209 e. The van der Waals surface area contributed by atoms with Crippen molar-refractivity contribution in [1.82, 2.24) is 25.5 Å². The highest BCUT2D eigenvalue weighted by Gasteiger charge is 2.20. The monoisotopic (exact) mass is 285 g/mol. The van der Waals surface area contributed by atoms with Gasteiger partial charge in [0.05, 0.1) is 18.8 Å². The highest BCUT2D eigenvalue weighted by atomic mass is 32.2. The fourth-order valence-electron chi connectivity index (χ4n) is 1.58. The molecule has 0 aromatic carbocycles. The summed E-state index contributed by atoms with van der Waals surface area (Å²) in [6, 6.07) is 0.729. The SMILES string of the molecule is CC(C)(C)OCCSc1nnnn1CCNC1CC1. The van der Waals surface area contributed by atoms with Gasteiger partial charge in [0, 0.05) is 18.3 Å². The maximum absolute atomic E-state index is 5.68. The first kappa shape index (κ1) is 14.7. The molecule has 0 spiro atoms. The van der Waals surface area contributed by atoms with E-state index in [0.29, 0.717) is 6.61 Å². The van der Waals surface area contributed by atoms with Crippen molar-refractivity contribution >= 4 is 11.8 Å². The molecule has 0 aliphatic heterocycles. The summed E-state index contributed by atoms with van der Waals surface area (Å²) in [5, 5.41) is 16.1. The van der Waals surface area contributed by atoms with Crippen molar-refractivity contribution in [3.63, 3.8) is 0 Å². The molecule has 1 aromatic heterocycles. The summed E-state index contributed by atoms with van der Waals surface area (Å²) in [5.74, 6) is 0.869. The molecular formula is C12H23N5OS. The quantitative estimate of drug-likeness (QED) is 0.574. The van der Waals surface area contributed by atoms with Crippen LogP contribution >= 0.6 is 11.8 Å². The zero-order valence-electron chi connectivity index (χ0n) is 11.9. The normalized spacial score (nSPS) is 15.9. The summed E-state index contributed by atoms with van der Waals surface area (Å²) in [6.07, 6.45) is 2.61. The number of ether oxygens (including phenoxy) is 1. The van der Waals surface area contributed by atoms with Crippen LogP contribution in [0.5, 0.6) is 0 Å². The van der Waals surface area contributed by atoms with Crippen LogP contribution in [-0.4, -0.2) is 50.8 Å². The molecule has 0 radical (unpaired) electrons. The van der Waals surface area contributed by atoms with E-state index in [9.17, 15) is 0 Å². The molecule has 0 bridgehead atoms. The molecular weight excluding hydrogens is 262 g/mol. The first-order valence-corrected chi connectivity index (χ1v) is 7.79. The number of nitrogens with zero attached hydrogens (tertiary/aromatic N) is 4. The van der Waals surface area contributed by atoms with E-state index in [1.54, 1.807) is 11.8 Å². The van der Waals surface area contributed by atoms with Crippen LogP contribution in [0.1, 0.15) is 33.6 Å². The van der Waals surface area contributed by atoms with E-state index < -0.39 is 0 Å². The zero-order valence-corrected chi connectivity index (χ0v) is 12.7. The number of tetrazole rings is 1. The summed E-state index contributed by atoms with van der Waals surface area (Å²) < 4.78 is 7.54. The smallest absolute Gasteiger partial charge is 0.209 e. The summed E-state index contributed by atoms with van der Waals surface area (Å²) in [4.78, 5) is 0. The van der Waals surface area contributed by atoms with Gasteiger partial charge >= 0.3 is 0 Å². The van der Waals surface area contributed by atoms with Gasteiger partial charge in [0.2, 0.25) is 5.16 Å². The summed E-state index contributed by atoms with van der Waals surface area (Å²) in [5.41, 5.74) is -0.0827. The van der Waals surface area contributed by atoms with Crippen LogP contribution in [0.3, 0.4) is 0 Å². The van der Waals surface area contributed by atoms with Gasteiger partial charge in [-0.05, 0) is 44.0 Å². The van der Waals surface area contributed by atoms with Crippen LogP contribution in [0, 0.1) is 0 Å². The molecule has 0 atom stereocenters. The first-order chi connectivity index (χ1) is 9.04. The van der Waals surface area contributed by atoms with Crippen LogP contribution < -0.4 is 5.32 Å². The van der Waals surface area contributed by atoms with Gasteiger partial charge in [-0.1, -0.05) is 11.8 Å². The van der Waals surface area contributed by atoms with Crippen LogP contribution in [-0.2, 0) is 11.3 Å². The number of rotatable bonds is 8. The third kappa shape index (κ3) is 5.88. The lowest BCUT2D eigenvalue weighted by Crippen LogP contribution is -2.23. The van der Waals surface area contributed by atoms with Crippen molar-refractivity contribution < 1.29 is 4.74 Å². The van der Waals surface area contributed by atoms with E-state index >= 15 is 0 Å². The standard InChI is InChI=1S/C12H23N5OS/c1-12(2,3)18-8-9-19-11-14-15-16-17(11)7-6-13-10-4-5-10/h10,13H,4-9H2,1-3H3. The second-order valence-electron chi connectivity index (χ2n) is 5.72. The Morgan fingerprint density at radius 1 is 1.42 bits per heavy atom. The van der Waals surface area contributed by atoms with Gasteiger partial charge in [0.25, 0.3) is 0 Å². The van der Waals surface area contributed by atoms with Crippen molar-refractivity contribution in [2.75, 3.05) is 18.9 Å². The minimum atomic E-state index is -0.0827.